The van der Waals surface area contributed by atoms with Gasteiger partial charge in [-0.1, -0.05) is 24.3 Å². The summed E-state index contributed by atoms with van der Waals surface area (Å²) in [6.07, 6.45) is -1.57. The van der Waals surface area contributed by atoms with Crippen LogP contribution in [0.15, 0.2) is 97.6 Å². The summed E-state index contributed by atoms with van der Waals surface area (Å²) in [7, 11) is 0. The van der Waals surface area contributed by atoms with Crippen LogP contribution in [0.2, 0.25) is 0 Å². The molecule has 29 heteroatoms. The van der Waals surface area contributed by atoms with Crippen LogP contribution in [-0.2, 0) is 31.3 Å². The Balaban J connectivity index is 0.000000217. The first-order chi connectivity index (χ1) is 37.1. The van der Waals surface area contributed by atoms with E-state index in [0.29, 0.717) is 72.4 Å². The van der Waals surface area contributed by atoms with Crippen molar-refractivity contribution in [2.24, 2.45) is 0 Å². The Morgan fingerprint density at radius 1 is 0.683 bits per heavy atom. The predicted molar refractivity (Wildman–Crippen MR) is 317 cm³/mol. The molecule has 4 bridgehead atoms. The molecule has 6 aliphatic rings. The number of pyridine rings is 2. The van der Waals surface area contributed by atoms with E-state index in [1.165, 1.54) is 36.9 Å². The summed E-state index contributed by atoms with van der Waals surface area (Å²) in [5, 5.41) is 6.14. The molecule has 0 spiro atoms. The SMILES string of the molecule is CC1(C)OC[C@H](COc2cncc(N)n2)O1.CC1(C)OC[C@H](COc2cncc(NC(=O)N3c4nc(-c5cccc(C(F)(F)F)c5)ccc4N4CC[C@H]3C4)n2)O1.FC(F)(F)c1cccc(-c2ccc3c(n2)N[C@H]2CCN3C2)c1.S.S.S.S. The number of nitrogen functional groups attached to an aromatic ring is 1. The van der Waals surface area contributed by atoms with Gasteiger partial charge in [0.05, 0.1) is 77.9 Å². The molecule has 4 atom stereocenters. The fourth-order valence-corrected chi connectivity index (χ4v) is 9.73. The average molecular weight is 1220 g/mol. The fraction of sp³-hybridized carbons (Fsp3) is 0.415. The van der Waals surface area contributed by atoms with Gasteiger partial charge in [0.1, 0.15) is 31.2 Å². The number of benzene rings is 2. The van der Waals surface area contributed by atoms with Crippen LogP contribution < -0.4 is 40.5 Å². The highest BCUT2D eigenvalue weighted by molar-refractivity contribution is 7.59. The number of anilines is 6. The van der Waals surface area contributed by atoms with Gasteiger partial charge < -0.3 is 49.3 Å². The normalized spacial score (nSPS) is 20.2. The summed E-state index contributed by atoms with van der Waals surface area (Å²) >= 11 is 0. The minimum absolute atomic E-state index is 0. The molecular weight excluding hydrogens is 1160 g/mol. The van der Waals surface area contributed by atoms with Gasteiger partial charge in [-0.15, -0.1) is 0 Å². The molecule has 82 heavy (non-hydrogen) atoms. The fourth-order valence-electron chi connectivity index (χ4n) is 9.73. The van der Waals surface area contributed by atoms with E-state index in [1.807, 2.05) is 33.8 Å². The molecule has 10 heterocycles. The first kappa shape index (κ1) is 65.0. The summed E-state index contributed by atoms with van der Waals surface area (Å²) in [5.41, 5.74) is 7.51. The van der Waals surface area contributed by atoms with Crippen molar-refractivity contribution in [2.45, 2.75) is 88.8 Å². The highest BCUT2D eigenvalue weighted by Crippen LogP contribution is 2.42. The zero-order valence-electron chi connectivity index (χ0n) is 44.8. The summed E-state index contributed by atoms with van der Waals surface area (Å²) < 4.78 is 112. The lowest BCUT2D eigenvalue weighted by Gasteiger charge is -2.35. The van der Waals surface area contributed by atoms with Crippen molar-refractivity contribution in [3.05, 3.63) is 109 Å². The first-order valence-corrected chi connectivity index (χ1v) is 25.1. The molecule has 2 amide bonds. The maximum atomic E-state index is 13.6. The minimum atomic E-state index is -4.48. The average Bonchev–Trinajstić information content (AvgIpc) is 4.34. The Kier molecular flexibility index (Phi) is 21.0. The van der Waals surface area contributed by atoms with E-state index in [4.69, 9.17) is 34.2 Å². The lowest BCUT2D eigenvalue weighted by molar-refractivity contribution is -0.142. The second kappa shape index (κ2) is 26.6. The number of amides is 2. The van der Waals surface area contributed by atoms with Gasteiger partial charge in [-0.3, -0.25) is 20.2 Å². The van der Waals surface area contributed by atoms with Crippen LogP contribution in [0, 0.1) is 0 Å². The molecule has 0 saturated carbocycles. The molecule has 4 fully saturated rings. The second-order valence-electron chi connectivity index (χ2n) is 20.1. The molecule has 6 aliphatic heterocycles. The van der Waals surface area contributed by atoms with Crippen molar-refractivity contribution in [1.82, 2.24) is 29.9 Å². The van der Waals surface area contributed by atoms with E-state index in [0.717, 1.165) is 73.9 Å². The van der Waals surface area contributed by atoms with Crippen LogP contribution in [0.25, 0.3) is 22.5 Å². The number of halogens is 6. The number of nitrogens with two attached hydrogens (primary N) is 1. The summed E-state index contributed by atoms with van der Waals surface area (Å²) in [4.78, 5) is 45.0. The Labute approximate surface area is 497 Å². The van der Waals surface area contributed by atoms with Gasteiger partial charge in [0.2, 0.25) is 11.8 Å². The highest BCUT2D eigenvalue weighted by Gasteiger charge is 2.41. The molecule has 444 valence electrons. The molecule has 0 unspecified atom stereocenters. The van der Waals surface area contributed by atoms with Crippen molar-refractivity contribution in [2.75, 3.05) is 83.7 Å². The number of carbonyl (C=O) groups excluding carboxylic acids is 1. The molecule has 6 aromatic rings. The number of ether oxygens (including phenoxy) is 6. The Hall–Kier alpha value is -6.21. The maximum absolute atomic E-state index is 13.6. The van der Waals surface area contributed by atoms with Crippen LogP contribution in [0.5, 0.6) is 11.8 Å². The van der Waals surface area contributed by atoms with E-state index in [2.05, 4.69) is 50.3 Å². The maximum Gasteiger partial charge on any atom is 0.416 e. The lowest BCUT2D eigenvalue weighted by atomic mass is 10.1. The molecule has 12 rings (SSSR count). The van der Waals surface area contributed by atoms with Gasteiger partial charge in [0.25, 0.3) is 0 Å². The number of nitrogens with zero attached hydrogens (tertiary/aromatic N) is 9. The number of aromatic nitrogens is 6. The second-order valence-corrected chi connectivity index (χ2v) is 20.1. The molecule has 19 nitrogen and oxygen atoms in total. The number of alkyl halides is 6. The van der Waals surface area contributed by atoms with Crippen molar-refractivity contribution in [1.29, 1.82) is 0 Å². The van der Waals surface area contributed by atoms with Gasteiger partial charge in [0.15, 0.2) is 29.0 Å². The van der Waals surface area contributed by atoms with Gasteiger partial charge in [-0.05, 0) is 89.1 Å². The lowest BCUT2D eigenvalue weighted by Crippen LogP contribution is -2.48. The van der Waals surface area contributed by atoms with Crippen LogP contribution in [0.4, 0.5) is 65.8 Å². The first-order valence-electron chi connectivity index (χ1n) is 25.1. The van der Waals surface area contributed by atoms with Crippen molar-refractivity contribution < 1.29 is 59.6 Å². The molecule has 2 aromatic carbocycles. The van der Waals surface area contributed by atoms with Gasteiger partial charge in [0, 0.05) is 43.3 Å². The van der Waals surface area contributed by atoms with Crippen molar-refractivity contribution >= 4 is 94.7 Å². The van der Waals surface area contributed by atoms with Crippen molar-refractivity contribution in [3.63, 3.8) is 0 Å². The summed E-state index contributed by atoms with van der Waals surface area (Å²) in [6.45, 7) is 12.2. The predicted octanol–water partition coefficient (Wildman–Crippen LogP) is 9.53. The number of rotatable bonds is 9. The number of fused-ring (bicyclic) bond motifs is 8. The molecule has 0 aliphatic carbocycles. The Bertz CT molecular complexity index is 3160. The quantitative estimate of drug-likeness (QED) is 0.115. The van der Waals surface area contributed by atoms with Crippen LogP contribution in [0.1, 0.15) is 51.7 Å². The van der Waals surface area contributed by atoms with Crippen LogP contribution >= 0.6 is 54.0 Å². The molecule has 0 radical (unpaired) electrons. The smallest absolute Gasteiger partial charge is 0.416 e. The van der Waals surface area contributed by atoms with E-state index < -0.39 is 41.1 Å². The minimum Gasteiger partial charge on any atom is -0.474 e. The number of hydrogen-bond donors (Lipinski definition) is 3. The molecule has 4 N–H and O–H groups in total. The van der Waals surface area contributed by atoms with E-state index in [-0.39, 0.29) is 90.5 Å². The number of hydrogen-bond acceptors (Lipinski definition) is 17. The number of carbonyl (C=O) groups is 1. The highest BCUT2D eigenvalue weighted by atomic mass is 32.1. The number of urea groups is 1. The summed E-state index contributed by atoms with van der Waals surface area (Å²) in [6, 6.07) is 17.2. The van der Waals surface area contributed by atoms with Crippen LogP contribution in [-0.4, -0.2) is 124 Å². The zero-order chi connectivity index (χ0) is 55.0. The molecule has 4 saturated heterocycles. The van der Waals surface area contributed by atoms with E-state index in [9.17, 15) is 31.1 Å². The van der Waals surface area contributed by atoms with Crippen LogP contribution in [0.3, 0.4) is 0 Å². The van der Waals surface area contributed by atoms with Crippen molar-refractivity contribution in [3.8, 4) is 34.3 Å². The van der Waals surface area contributed by atoms with E-state index in [1.54, 1.807) is 35.2 Å². The molecular formula is C53H64F6N12O7S4. The third-order valence-electron chi connectivity index (χ3n) is 13.3. The zero-order valence-corrected chi connectivity index (χ0v) is 48.8. The standard InChI is InChI=1S/C27H27F3N6O4.C16H14F3N3.C10H15N3O3.4H2S/c1-26(2)39-15-19(40-26)14-38-23-12-31-11-22(33-23)34-25(37)36-18-8-9-35(13-18)21-7-6-20(32-24(21)36)16-4-3-5-17(10-16)27(28,29)30;17-16(18,19)11-3-1-2-10(8-11)13-4-5-14-15(21-13)20-12-6-7-22(14)9-12;1-10(2)15-6-7(16-10)5-14-9-4-12-3-8(11)13-9;;;;/h3-7,10-12,18-19H,8-9,13-15H2,1-2H3,(H,33,34,37);1-5,8,12H,6-7,9H2,(H,20,21);3-4,7H,5-6H2,1-2H3,(H2,11,13);4*1H2/t18-,19-;12-;7-;;;;/m000..../s1. The summed E-state index contributed by atoms with van der Waals surface area (Å²) in [5.74, 6) is 1.06. The Morgan fingerprint density at radius 3 is 1.78 bits per heavy atom. The third-order valence-corrected chi connectivity index (χ3v) is 13.3. The monoisotopic (exact) mass is 1220 g/mol. The third kappa shape index (κ3) is 15.7. The molecule has 4 aromatic heterocycles. The topological polar surface area (TPSA) is 210 Å². The van der Waals surface area contributed by atoms with Gasteiger partial charge in [-0.2, -0.15) is 90.3 Å². The number of nitrogens with one attached hydrogen (secondary N) is 2. The largest absolute Gasteiger partial charge is 0.474 e. The Morgan fingerprint density at radius 2 is 1.22 bits per heavy atom. The van der Waals surface area contributed by atoms with E-state index >= 15 is 0 Å². The van der Waals surface area contributed by atoms with Gasteiger partial charge in [-0.25, -0.2) is 14.8 Å². The van der Waals surface area contributed by atoms with Gasteiger partial charge >= 0.3 is 18.4 Å².